The van der Waals surface area contributed by atoms with E-state index in [-0.39, 0.29) is 0 Å². The predicted octanol–water partition coefficient (Wildman–Crippen LogP) is 5.53. The van der Waals surface area contributed by atoms with Gasteiger partial charge in [0.15, 0.2) is 0 Å². The average molecular weight is 411 g/mol. The maximum atomic E-state index is 6.03. The summed E-state index contributed by atoms with van der Waals surface area (Å²) in [5, 5.41) is 4.40. The number of hydrogen-bond acceptors (Lipinski definition) is 2. The first-order valence-electron chi connectivity index (χ1n) is 5.05. The first-order valence-corrected chi connectivity index (χ1v) is 7.39. The van der Waals surface area contributed by atoms with Gasteiger partial charge in [0.25, 0.3) is 0 Å². The van der Waals surface area contributed by atoms with Crippen molar-refractivity contribution in [1.82, 2.24) is 4.98 Å². The quantitative estimate of drug-likeness (QED) is 0.673. The van der Waals surface area contributed by atoms with Crippen molar-refractivity contribution in [2.75, 3.05) is 5.32 Å². The maximum Gasteiger partial charge on any atom is 0.143 e. The molecule has 0 saturated carbocycles. The molecule has 0 amide bonds. The average Bonchev–Trinajstić information content (AvgIpc) is 2.35. The first-order chi connectivity index (χ1) is 8.56. The van der Waals surface area contributed by atoms with Crippen molar-refractivity contribution in [3.63, 3.8) is 0 Å². The van der Waals surface area contributed by atoms with Gasteiger partial charge < -0.3 is 5.32 Å². The topological polar surface area (TPSA) is 24.9 Å². The van der Waals surface area contributed by atoms with E-state index in [1.54, 1.807) is 6.20 Å². The number of pyridine rings is 1. The summed E-state index contributed by atoms with van der Waals surface area (Å²) < 4.78 is 1.66. The number of nitrogens with zero attached hydrogens (tertiary/aromatic N) is 1. The Bertz CT molecular complexity index is 524. The van der Waals surface area contributed by atoms with Crippen molar-refractivity contribution in [3.05, 3.63) is 55.1 Å². The molecule has 94 valence electrons. The second-order valence-electron chi connectivity index (χ2n) is 3.60. The zero-order valence-corrected chi connectivity index (χ0v) is 13.7. The Kier molecular flexibility index (Phi) is 4.90. The van der Waals surface area contributed by atoms with Gasteiger partial charge in [0.1, 0.15) is 5.15 Å². The van der Waals surface area contributed by atoms with Crippen LogP contribution in [0.25, 0.3) is 0 Å². The second-order valence-corrected chi connectivity index (χ2v) is 6.07. The molecule has 2 nitrogen and oxygen atoms in total. The Hall–Kier alpha value is -0.290. The number of hydrogen-bond donors (Lipinski definition) is 1. The number of halogens is 4. The van der Waals surface area contributed by atoms with Gasteiger partial charge in [-0.15, -0.1) is 0 Å². The molecule has 0 fully saturated rings. The van der Waals surface area contributed by atoms with E-state index in [4.69, 9.17) is 23.2 Å². The standard InChI is InChI=1S/C12H8Br2Cl2N2/c13-9-2-1-7(3-11(9)15)5-17-8-4-10(14)12(16)18-6-8/h1-4,6,17H,5H2. The monoisotopic (exact) mass is 408 g/mol. The largest absolute Gasteiger partial charge is 0.380 e. The molecule has 0 bridgehead atoms. The molecule has 0 radical (unpaired) electrons. The number of benzene rings is 1. The van der Waals surface area contributed by atoms with Crippen molar-refractivity contribution >= 4 is 60.7 Å². The second kappa shape index (κ2) is 6.24. The zero-order valence-electron chi connectivity index (χ0n) is 9.05. The van der Waals surface area contributed by atoms with Crippen LogP contribution >= 0.6 is 55.1 Å². The molecule has 1 aromatic heterocycles. The van der Waals surface area contributed by atoms with Crippen molar-refractivity contribution in [3.8, 4) is 0 Å². The Morgan fingerprint density at radius 1 is 1.11 bits per heavy atom. The lowest BCUT2D eigenvalue weighted by molar-refractivity contribution is 1.13. The van der Waals surface area contributed by atoms with Crippen LogP contribution in [0.3, 0.4) is 0 Å². The molecule has 0 aliphatic rings. The minimum Gasteiger partial charge on any atom is -0.380 e. The van der Waals surface area contributed by atoms with Gasteiger partial charge in [0.05, 0.1) is 21.4 Å². The third-order valence-corrected chi connectivity index (χ3v) is 4.64. The van der Waals surface area contributed by atoms with E-state index < -0.39 is 0 Å². The van der Waals surface area contributed by atoms with Crippen molar-refractivity contribution in [2.45, 2.75) is 6.54 Å². The van der Waals surface area contributed by atoms with Crippen molar-refractivity contribution in [1.29, 1.82) is 0 Å². The van der Waals surface area contributed by atoms with Crippen LogP contribution in [0.15, 0.2) is 39.4 Å². The molecule has 2 rings (SSSR count). The maximum absolute atomic E-state index is 6.03. The Balaban J connectivity index is 2.06. The smallest absolute Gasteiger partial charge is 0.143 e. The molecule has 2 aromatic rings. The van der Waals surface area contributed by atoms with E-state index in [1.807, 2.05) is 24.3 Å². The number of nitrogens with one attached hydrogen (secondary N) is 1. The van der Waals surface area contributed by atoms with Crippen LogP contribution in [0.1, 0.15) is 5.56 Å². The summed E-state index contributed by atoms with van der Waals surface area (Å²) in [6.45, 7) is 0.669. The summed E-state index contributed by atoms with van der Waals surface area (Å²) in [6.07, 6.45) is 1.69. The molecule has 0 saturated heterocycles. The lowest BCUT2D eigenvalue weighted by Gasteiger charge is -2.08. The highest BCUT2D eigenvalue weighted by molar-refractivity contribution is 9.10. The summed E-state index contributed by atoms with van der Waals surface area (Å²) >= 11 is 18.5. The number of rotatable bonds is 3. The zero-order chi connectivity index (χ0) is 13.1. The minimum absolute atomic E-state index is 0.451. The highest BCUT2D eigenvalue weighted by atomic mass is 79.9. The van der Waals surface area contributed by atoms with Crippen molar-refractivity contribution < 1.29 is 0 Å². The Labute approximate surface area is 132 Å². The summed E-state index contributed by atoms with van der Waals surface area (Å²) in [4.78, 5) is 4.05. The highest BCUT2D eigenvalue weighted by Crippen LogP contribution is 2.25. The predicted molar refractivity (Wildman–Crippen MR) is 83.4 cm³/mol. The third-order valence-electron chi connectivity index (χ3n) is 2.28. The van der Waals surface area contributed by atoms with Crippen LogP contribution in [0.4, 0.5) is 5.69 Å². The Morgan fingerprint density at radius 3 is 2.56 bits per heavy atom. The van der Waals surface area contributed by atoms with E-state index in [9.17, 15) is 0 Å². The summed E-state index contributed by atoms with van der Waals surface area (Å²) in [7, 11) is 0. The van der Waals surface area contributed by atoms with Gasteiger partial charge in [-0.1, -0.05) is 29.3 Å². The van der Waals surface area contributed by atoms with Gasteiger partial charge in [0, 0.05) is 11.0 Å². The van der Waals surface area contributed by atoms with Crippen LogP contribution in [0.2, 0.25) is 10.2 Å². The molecular formula is C12H8Br2Cl2N2. The van der Waals surface area contributed by atoms with Crippen LogP contribution in [-0.4, -0.2) is 4.98 Å². The van der Waals surface area contributed by atoms with E-state index in [0.717, 1.165) is 20.2 Å². The molecule has 18 heavy (non-hydrogen) atoms. The van der Waals surface area contributed by atoms with E-state index in [1.165, 1.54) is 0 Å². The van der Waals surface area contributed by atoms with Crippen LogP contribution in [0, 0.1) is 0 Å². The number of anilines is 1. The van der Waals surface area contributed by atoms with Crippen LogP contribution in [0.5, 0.6) is 0 Å². The molecule has 1 heterocycles. The van der Waals surface area contributed by atoms with E-state index >= 15 is 0 Å². The SMILES string of the molecule is Clc1cc(CNc2cnc(Cl)c(Br)c2)ccc1Br. The van der Waals surface area contributed by atoms with Crippen LogP contribution in [-0.2, 0) is 6.54 Å². The highest BCUT2D eigenvalue weighted by Gasteiger charge is 2.02. The molecule has 1 aromatic carbocycles. The number of aromatic nitrogens is 1. The van der Waals surface area contributed by atoms with Crippen LogP contribution < -0.4 is 5.32 Å². The van der Waals surface area contributed by atoms with E-state index in [0.29, 0.717) is 16.7 Å². The fourth-order valence-corrected chi connectivity index (χ4v) is 2.27. The summed E-state index contributed by atoms with van der Waals surface area (Å²) in [5.74, 6) is 0. The fraction of sp³-hybridized carbons (Fsp3) is 0.0833. The van der Waals surface area contributed by atoms with Gasteiger partial charge in [-0.2, -0.15) is 0 Å². The molecule has 0 aliphatic carbocycles. The van der Waals surface area contributed by atoms with Crippen molar-refractivity contribution in [2.24, 2.45) is 0 Å². The molecule has 0 spiro atoms. The molecule has 0 atom stereocenters. The molecule has 0 aliphatic heterocycles. The minimum atomic E-state index is 0.451. The molecule has 1 N–H and O–H groups in total. The van der Waals surface area contributed by atoms with Gasteiger partial charge in [-0.05, 0) is 55.6 Å². The fourth-order valence-electron chi connectivity index (χ4n) is 1.37. The summed E-state index contributed by atoms with van der Waals surface area (Å²) in [5.41, 5.74) is 1.99. The Morgan fingerprint density at radius 2 is 1.89 bits per heavy atom. The van der Waals surface area contributed by atoms with Gasteiger partial charge in [0.2, 0.25) is 0 Å². The first kappa shape index (κ1) is 14.1. The lowest BCUT2D eigenvalue weighted by atomic mass is 10.2. The van der Waals surface area contributed by atoms with Gasteiger partial charge in [-0.3, -0.25) is 0 Å². The normalized spacial score (nSPS) is 10.4. The van der Waals surface area contributed by atoms with Gasteiger partial charge >= 0.3 is 0 Å². The lowest BCUT2D eigenvalue weighted by Crippen LogP contribution is -2.00. The van der Waals surface area contributed by atoms with Gasteiger partial charge in [-0.25, -0.2) is 4.98 Å². The summed E-state index contributed by atoms with van der Waals surface area (Å²) in [6, 6.07) is 7.73. The molecule has 0 unspecified atom stereocenters. The third kappa shape index (κ3) is 3.60. The molecule has 6 heteroatoms. The molecular weight excluding hydrogens is 403 g/mol. The van der Waals surface area contributed by atoms with E-state index in [2.05, 4.69) is 42.2 Å².